The van der Waals surface area contributed by atoms with Crippen LogP contribution < -0.4 is 14.4 Å². The Kier molecular flexibility index (Phi) is 5.02. The van der Waals surface area contributed by atoms with E-state index < -0.39 is 0 Å². The van der Waals surface area contributed by atoms with Gasteiger partial charge < -0.3 is 14.4 Å². The van der Waals surface area contributed by atoms with Gasteiger partial charge in [0.1, 0.15) is 11.5 Å². The highest BCUT2D eigenvalue weighted by molar-refractivity contribution is 6.01. The molecule has 0 atom stereocenters. The molecule has 0 unspecified atom stereocenters. The molecular formula is C24H23NO3. The largest absolute Gasteiger partial charge is 0.497 e. The first-order chi connectivity index (χ1) is 13.7. The molecule has 4 rings (SSSR count). The first kappa shape index (κ1) is 18.1. The van der Waals surface area contributed by atoms with Gasteiger partial charge in [0, 0.05) is 5.69 Å². The average Bonchev–Trinajstić information content (AvgIpc) is 3.03. The van der Waals surface area contributed by atoms with Crippen molar-refractivity contribution in [2.75, 3.05) is 19.1 Å². The molecule has 0 aliphatic carbocycles. The number of hydrogen-bond donors (Lipinski definition) is 0. The molecule has 0 N–H and O–H groups in total. The molecule has 1 heterocycles. The van der Waals surface area contributed by atoms with Crippen molar-refractivity contribution in [1.29, 1.82) is 0 Å². The van der Waals surface area contributed by atoms with Crippen molar-refractivity contribution in [2.24, 2.45) is 0 Å². The number of amides is 1. The predicted octanol–water partition coefficient (Wildman–Crippen LogP) is 4.38. The van der Waals surface area contributed by atoms with E-state index in [1.54, 1.807) is 14.2 Å². The molecule has 0 aromatic heterocycles. The van der Waals surface area contributed by atoms with Crippen LogP contribution in [0, 0.1) is 0 Å². The number of fused-ring (bicyclic) bond motifs is 1. The second-order valence-corrected chi connectivity index (χ2v) is 6.99. The third kappa shape index (κ3) is 3.72. The Hall–Kier alpha value is -3.27. The highest BCUT2D eigenvalue weighted by Crippen LogP contribution is 2.32. The summed E-state index contributed by atoms with van der Waals surface area (Å²) < 4.78 is 10.4. The molecule has 1 amide bonds. The van der Waals surface area contributed by atoms with Crippen LogP contribution in [0.2, 0.25) is 0 Å². The maximum Gasteiger partial charge on any atom is 0.231 e. The maximum atomic E-state index is 12.6. The second-order valence-electron chi connectivity index (χ2n) is 6.99. The zero-order chi connectivity index (χ0) is 19.5. The van der Waals surface area contributed by atoms with Crippen LogP contribution in [0.5, 0.6) is 11.5 Å². The summed E-state index contributed by atoms with van der Waals surface area (Å²) in [5.74, 6) is 1.82. The van der Waals surface area contributed by atoms with E-state index in [4.69, 9.17) is 9.47 Å². The Morgan fingerprint density at radius 3 is 1.96 bits per heavy atom. The van der Waals surface area contributed by atoms with Crippen LogP contribution in [0.15, 0.2) is 66.7 Å². The second kappa shape index (κ2) is 7.77. The Morgan fingerprint density at radius 1 is 0.786 bits per heavy atom. The lowest BCUT2D eigenvalue weighted by molar-refractivity contribution is -0.117. The van der Waals surface area contributed by atoms with Crippen LogP contribution in [0.3, 0.4) is 0 Å². The summed E-state index contributed by atoms with van der Waals surface area (Å²) in [5.41, 5.74) is 5.64. The number of carbonyl (C=O) groups excluding carboxylic acids is 1. The van der Waals surface area contributed by atoms with Crippen molar-refractivity contribution in [1.82, 2.24) is 0 Å². The Labute approximate surface area is 165 Å². The Bertz CT molecular complexity index is 978. The van der Waals surface area contributed by atoms with Gasteiger partial charge in [-0.05, 0) is 59.0 Å². The van der Waals surface area contributed by atoms with Crippen LogP contribution >= 0.6 is 0 Å². The number of rotatable bonds is 6. The van der Waals surface area contributed by atoms with E-state index in [0.29, 0.717) is 13.0 Å². The summed E-state index contributed by atoms with van der Waals surface area (Å²) in [6.07, 6.45) is 1.30. The summed E-state index contributed by atoms with van der Waals surface area (Å²) in [6, 6.07) is 22.3. The molecule has 0 spiro atoms. The summed E-state index contributed by atoms with van der Waals surface area (Å²) in [5, 5.41) is 0. The van der Waals surface area contributed by atoms with Crippen molar-refractivity contribution >= 4 is 11.6 Å². The molecule has 3 aromatic rings. The van der Waals surface area contributed by atoms with Crippen molar-refractivity contribution in [2.45, 2.75) is 19.4 Å². The van der Waals surface area contributed by atoms with Gasteiger partial charge in [0.2, 0.25) is 5.91 Å². The topological polar surface area (TPSA) is 38.8 Å². The fourth-order valence-electron chi connectivity index (χ4n) is 3.61. The Balaban J connectivity index is 1.51. The monoisotopic (exact) mass is 373 g/mol. The van der Waals surface area contributed by atoms with Crippen LogP contribution in [0.1, 0.15) is 22.3 Å². The van der Waals surface area contributed by atoms with Crippen molar-refractivity contribution in [3.05, 3.63) is 89.0 Å². The van der Waals surface area contributed by atoms with Crippen molar-refractivity contribution in [3.63, 3.8) is 0 Å². The molecule has 4 heteroatoms. The van der Waals surface area contributed by atoms with E-state index in [-0.39, 0.29) is 5.91 Å². The summed E-state index contributed by atoms with van der Waals surface area (Å²) in [4.78, 5) is 14.5. The zero-order valence-electron chi connectivity index (χ0n) is 16.1. The molecule has 0 radical (unpaired) electrons. The minimum absolute atomic E-state index is 0.146. The lowest BCUT2D eigenvalue weighted by Gasteiger charge is -2.18. The number of hydrogen-bond acceptors (Lipinski definition) is 3. The number of nitrogens with zero attached hydrogens (tertiary/aromatic N) is 1. The molecule has 1 aliphatic rings. The van der Waals surface area contributed by atoms with E-state index in [1.165, 1.54) is 11.1 Å². The van der Waals surface area contributed by atoms with Crippen molar-refractivity contribution in [3.8, 4) is 11.5 Å². The van der Waals surface area contributed by atoms with Gasteiger partial charge >= 0.3 is 0 Å². The lowest BCUT2D eigenvalue weighted by Crippen LogP contribution is -2.25. The van der Waals surface area contributed by atoms with E-state index >= 15 is 0 Å². The van der Waals surface area contributed by atoms with Gasteiger partial charge in [-0.1, -0.05) is 36.4 Å². The van der Waals surface area contributed by atoms with Crippen LogP contribution in [0.25, 0.3) is 0 Å². The molecule has 0 saturated carbocycles. The zero-order valence-corrected chi connectivity index (χ0v) is 16.1. The summed E-state index contributed by atoms with van der Waals surface area (Å²) >= 11 is 0. The number of ether oxygens (including phenoxy) is 2. The van der Waals surface area contributed by atoms with E-state index in [0.717, 1.165) is 34.7 Å². The molecule has 142 valence electrons. The molecule has 3 aromatic carbocycles. The predicted molar refractivity (Wildman–Crippen MR) is 110 cm³/mol. The lowest BCUT2D eigenvalue weighted by atomic mass is 10.0. The van der Waals surface area contributed by atoms with Gasteiger partial charge in [-0.2, -0.15) is 0 Å². The molecule has 28 heavy (non-hydrogen) atoms. The molecule has 1 aliphatic heterocycles. The first-order valence-corrected chi connectivity index (χ1v) is 9.34. The summed E-state index contributed by atoms with van der Waals surface area (Å²) in [6.45, 7) is 0.577. The average molecular weight is 373 g/mol. The molecule has 4 nitrogen and oxygen atoms in total. The van der Waals surface area contributed by atoms with Gasteiger partial charge in [-0.3, -0.25) is 4.79 Å². The van der Waals surface area contributed by atoms with E-state index in [1.807, 2.05) is 41.3 Å². The standard InChI is InChI=1S/C24H23NO3/c1-27-21-8-3-17(4-9-21)13-19-7-12-23-20(14-19)15-24(26)25(23)16-18-5-10-22(28-2)11-6-18/h3-12,14H,13,15-16H2,1-2H3. The smallest absolute Gasteiger partial charge is 0.231 e. The molecule has 0 bridgehead atoms. The van der Waals surface area contributed by atoms with Crippen LogP contribution in [0.4, 0.5) is 5.69 Å². The number of carbonyl (C=O) groups is 1. The quantitative estimate of drug-likeness (QED) is 0.643. The van der Waals surface area contributed by atoms with Gasteiger partial charge in [-0.15, -0.1) is 0 Å². The number of methoxy groups -OCH3 is 2. The van der Waals surface area contributed by atoms with Crippen LogP contribution in [-0.4, -0.2) is 20.1 Å². The van der Waals surface area contributed by atoms with Crippen molar-refractivity contribution < 1.29 is 14.3 Å². The highest BCUT2D eigenvalue weighted by Gasteiger charge is 2.27. The number of benzene rings is 3. The molecule has 0 saturated heterocycles. The van der Waals surface area contributed by atoms with Gasteiger partial charge in [0.15, 0.2) is 0 Å². The van der Waals surface area contributed by atoms with Crippen LogP contribution in [-0.2, 0) is 24.2 Å². The first-order valence-electron chi connectivity index (χ1n) is 9.34. The summed E-state index contributed by atoms with van der Waals surface area (Å²) in [7, 11) is 3.32. The van der Waals surface area contributed by atoms with E-state index in [2.05, 4.69) is 30.3 Å². The van der Waals surface area contributed by atoms with Gasteiger partial charge in [0.25, 0.3) is 0 Å². The maximum absolute atomic E-state index is 12.6. The molecular weight excluding hydrogens is 350 g/mol. The minimum Gasteiger partial charge on any atom is -0.497 e. The SMILES string of the molecule is COc1ccc(Cc2ccc3c(c2)CC(=O)N3Cc2ccc(OC)cc2)cc1. The number of anilines is 1. The fourth-order valence-corrected chi connectivity index (χ4v) is 3.61. The Morgan fingerprint density at radius 2 is 1.36 bits per heavy atom. The third-order valence-electron chi connectivity index (χ3n) is 5.14. The molecule has 0 fully saturated rings. The van der Waals surface area contributed by atoms with Gasteiger partial charge in [0.05, 0.1) is 27.2 Å². The van der Waals surface area contributed by atoms with Gasteiger partial charge in [-0.25, -0.2) is 0 Å². The third-order valence-corrected chi connectivity index (χ3v) is 5.14. The van der Waals surface area contributed by atoms with E-state index in [9.17, 15) is 4.79 Å². The normalized spacial score (nSPS) is 12.8. The highest BCUT2D eigenvalue weighted by atomic mass is 16.5. The minimum atomic E-state index is 0.146. The fraction of sp³-hybridized carbons (Fsp3) is 0.208.